The van der Waals surface area contributed by atoms with Crippen LogP contribution in [-0.4, -0.2) is 36.6 Å². The lowest BCUT2D eigenvalue weighted by Gasteiger charge is -2.37. The highest BCUT2D eigenvalue weighted by Crippen LogP contribution is 2.23. The van der Waals surface area contributed by atoms with E-state index in [9.17, 15) is 0 Å². The zero-order valence-corrected chi connectivity index (χ0v) is 12.1. The molecular formula is C12H26Cl2N2. The minimum Gasteiger partial charge on any atom is -0.312 e. The molecule has 0 bridgehead atoms. The Kier molecular flexibility index (Phi) is 8.00. The van der Waals surface area contributed by atoms with Gasteiger partial charge in [-0.25, -0.2) is 0 Å². The Bertz CT molecular complexity index is 182. The third kappa shape index (κ3) is 3.76. The van der Waals surface area contributed by atoms with Crippen molar-refractivity contribution in [3.8, 4) is 0 Å². The van der Waals surface area contributed by atoms with Crippen LogP contribution in [-0.2, 0) is 0 Å². The van der Waals surface area contributed by atoms with Gasteiger partial charge in [-0.05, 0) is 51.2 Å². The van der Waals surface area contributed by atoms with E-state index in [2.05, 4.69) is 24.1 Å². The predicted molar refractivity (Wildman–Crippen MR) is 75.0 cm³/mol. The van der Waals surface area contributed by atoms with Crippen molar-refractivity contribution in [2.24, 2.45) is 5.92 Å². The van der Waals surface area contributed by atoms with Gasteiger partial charge in [0.2, 0.25) is 0 Å². The van der Waals surface area contributed by atoms with E-state index in [1.807, 2.05) is 0 Å². The summed E-state index contributed by atoms with van der Waals surface area (Å²) in [6.07, 6.45) is 5.48. The molecule has 0 aromatic heterocycles. The van der Waals surface area contributed by atoms with Crippen molar-refractivity contribution in [2.75, 3.05) is 19.6 Å². The molecule has 0 aromatic carbocycles. The zero-order chi connectivity index (χ0) is 9.97. The van der Waals surface area contributed by atoms with Crippen molar-refractivity contribution in [1.29, 1.82) is 0 Å². The number of rotatable bonds is 2. The van der Waals surface area contributed by atoms with Gasteiger partial charge < -0.3 is 5.32 Å². The van der Waals surface area contributed by atoms with Crippen LogP contribution in [0.15, 0.2) is 0 Å². The van der Waals surface area contributed by atoms with Gasteiger partial charge in [0, 0.05) is 12.1 Å². The molecule has 2 rings (SSSR count). The molecule has 2 unspecified atom stereocenters. The molecule has 2 nitrogen and oxygen atoms in total. The second-order valence-corrected chi connectivity index (χ2v) is 5.04. The van der Waals surface area contributed by atoms with Crippen molar-refractivity contribution in [3.63, 3.8) is 0 Å². The highest BCUT2D eigenvalue weighted by Gasteiger charge is 2.31. The molecule has 2 atom stereocenters. The highest BCUT2D eigenvalue weighted by molar-refractivity contribution is 5.85. The lowest BCUT2D eigenvalue weighted by Crippen LogP contribution is -2.46. The summed E-state index contributed by atoms with van der Waals surface area (Å²) in [4.78, 5) is 2.73. The fraction of sp³-hybridized carbons (Fsp3) is 1.00. The first-order valence-corrected chi connectivity index (χ1v) is 6.28. The molecule has 2 aliphatic rings. The van der Waals surface area contributed by atoms with Crippen LogP contribution in [0.2, 0.25) is 0 Å². The Labute approximate surface area is 112 Å². The number of hydrogen-bond donors (Lipinski definition) is 1. The second kappa shape index (κ2) is 7.75. The van der Waals surface area contributed by atoms with Crippen LogP contribution in [0.4, 0.5) is 0 Å². The first kappa shape index (κ1) is 16.5. The van der Waals surface area contributed by atoms with Crippen molar-refractivity contribution < 1.29 is 0 Å². The summed E-state index contributed by atoms with van der Waals surface area (Å²) >= 11 is 0. The molecule has 0 amide bonds. The van der Waals surface area contributed by atoms with Gasteiger partial charge in [0.25, 0.3) is 0 Å². The van der Waals surface area contributed by atoms with E-state index in [0.717, 1.165) is 18.0 Å². The van der Waals surface area contributed by atoms with E-state index in [1.54, 1.807) is 0 Å². The van der Waals surface area contributed by atoms with Crippen LogP contribution < -0.4 is 5.32 Å². The van der Waals surface area contributed by atoms with Crippen LogP contribution in [0, 0.1) is 5.92 Å². The van der Waals surface area contributed by atoms with Crippen molar-refractivity contribution in [1.82, 2.24) is 10.2 Å². The molecule has 4 heteroatoms. The van der Waals surface area contributed by atoms with Crippen LogP contribution in [0.5, 0.6) is 0 Å². The van der Waals surface area contributed by atoms with E-state index in [-0.39, 0.29) is 24.8 Å². The normalized spacial score (nSPS) is 31.9. The van der Waals surface area contributed by atoms with Gasteiger partial charge in [0.05, 0.1) is 0 Å². The first-order chi connectivity index (χ1) is 6.81. The molecule has 2 saturated heterocycles. The molecule has 98 valence electrons. The molecule has 0 radical (unpaired) electrons. The number of nitrogens with zero attached hydrogens (tertiary/aromatic N) is 1. The van der Waals surface area contributed by atoms with Gasteiger partial charge >= 0.3 is 0 Å². The van der Waals surface area contributed by atoms with Crippen LogP contribution in [0.3, 0.4) is 0 Å². The zero-order valence-electron chi connectivity index (χ0n) is 10.4. The molecule has 2 aliphatic heterocycles. The number of halogens is 2. The lowest BCUT2D eigenvalue weighted by molar-refractivity contribution is 0.127. The minimum absolute atomic E-state index is 0. The maximum absolute atomic E-state index is 3.62. The molecular weight excluding hydrogens is 243 g/mol. The van der Waals surface area contributed by atoms with Crippen LogP contribution in [0.1, 0.15) is 39.5 Å². The average Bonchev–Trinajstić information content (AvgIpc) is 2.67. The molecule has 0 saturated carbocycles. The standard InChI is InChI=1S/C12H24N2.2ClH/c1-3-11-12(4-7-13-11)14-8-5-10(2)6-9-14;;/h10-13H,3-9H2,1-2H3;2*1H. The van der Waals surface area contributed by atoms with Gasteiger partial charge in [-0.15, -0.1) is 24.8 Å². The number of nitrogens with one attached hydrogen (secondary N) is 1. The summed E-state index contributed by atoms with van der Waals surface area (Å²) in [5.41, 5.74) is 0. The van der Waals surface area contributed by atoms with Crippen molar-refractivity contribution >= 4 is 24.8 Å². The number of piperidine rings is 1. The van der Waals surface area contributed by atoms with E-state index >= 15 is 0 Å². The summed E-state index contributed by atoms with van der Waals surface area (Å²) in [7, 11) is 0. The fourth-order valence-electron chi connectivity index (χ4n) is 2.97. The summed E-state index contributed by atoms with van der Waals surface area (Å²) < 4.78 is 0. The number of hydrogen-bond acceptors (Lipinski definition) is 2. The highest BCUT2D eigenvalue weighted by atomic mass is 35.5. The predicted octanol–water partition coefficient (Wildman–Crippen LogP) is 2.70. The molecule has 2 fully saturated rings. The largest absolute Gasteiger partial charge is 0.312 e. The Morgan fingerprint density at radius 1 is 1.12 bits per heavy atom. The third-order valence-corrected chi connectivity index (χ3v) is 4.04. The topological polar surface area (TPSA) is 15.3 Å². The molecule has 16 heavy (non-hydrogen) atoms. The van der Waals surface area contributed by atoms with Crippen molar-refractivity contribution in [3.05, 3.63) is 0 Å². The summed E-state index contributed by atoms with van der Waals surface area (Å²) in [5, 5.41) is 3.62. The Morgan fingerprint density at radius 3 is 2.31 bits per heavy atom. The maximum Gasteiger partial charge on any atom is 0.0261 e. The van der Waals surface area contributed by atoms with E-state index in [1.165, 1.54) is 45.3 Å². The number of likely N-dealkylation sites (tertiary alicyclic amines) is 1. The van der Waals surface area contributed by atoms with Crippen LogP contribution >= 0.6 is 24.8 Å². The first-order valence-electron chi connectivity index (χ1n) is 6.28. The van der Waals surface area contributed by atoms with Gasteiger partial charge in [0.15, 0.2) is 0 Å². The van der Waals surface area contributed by atoms with Gasteiger partial charge in [0.1, 0.15) is 0 Å². The summed E-state index contributed by atoms with van der Waals surface area (Å²) in [5.74, 6) is 0.959. The minimum atomic E-state index is 0. The second-order valence-electron chi connectivity index (χ2n) is 5.04. The molecule has 0 spiro atoms. The SMILES string of the molecule is CCC1NCCC1N1CCC(C)CC1.Cl.Cl. The maximum atomic E-state index is 3.62. The van der Waals surface area contributed by atoms with Crippen LogP contribution in [0.25, 0.3) is 0 Å². The fourth-order valence-corrected chi connectivity index (χ4v) is 2.97. The Morgan fingerprint density at radius 2 is 1.75 bits per heavy atom. The molecule has 0 aliphatic carbocycles. The van der Waals surface area contributed by atoms with Crippen molar-refractivity contribution in [2.45, 2.75) is 51.6 Å². The molecule has 1 N–H and O–H groups in total. The molecule has 2 heterocycles. The van der Waals surface area contributed by atoms with E-state index in [0.29, 0.717) is 0 Å². The third-order valence-electron chi connectivity index (χ3n) is 4.04. The van der Waals surface area contributed by atoms with Gasteiger partial charge in [-0.2, -0.15) is 0 Å². The van der Waals surface area contributed by atoms with E-state index in [4.69, 9.17) is 0 Å². The monoisotopic (exact) mass is 268 g/mol. The van der Waals surface area contributed by atoms with E-state index < -0.39 is 0 Å². The summed E-state index contributed by atoms with van der Waals surface area (Å²) in [6, 6.07) is 1.61. The van der Waals surface area contributed by atoms with Gasteiger partial charge in [-0.1, -0.05) is 13.8 Å². The van der Waals surface area contributed by atoms with Gasteiger partial charge in [-0.3, -0.25) is 4.90 Å². The summed E-state index contributed by atoms with van der Waals surface area (Å²) in [6.45, 7) is 8.60. The molecule has 0 aromatic rings. The Hall–Kier alpha value is 0.500. The Balaban J connectivity index is 0.00000112. The smallest absolute Gasteiger partial charge is 0.0261 e. The quantitative estimate of drug-likeness (QED) is 0.829. The average molecular weight is 269 g/mol. The lowest BCUT2D eigenvalue weighted by atomic mass is 9.95.